The SMILES string of the molecule is CC(C)OC(=O)Nc1cnccc1C(C)C1(C(C)c2ccncc2NC(=O)OC(C)C)NC(=O)N(c2ccc(S(=O)(=O)C(F)(F)F)cc2)C1=O. The summed E-state index contributed by atoms with van der Waals surface area (Å²) in [7, 11) is -5.72. The van der Waals surface area contributed by atoms with Crippen LogP contribution in [0.15, 0.2) is 66.1 Å². The molecule has 1 fully saturated rings. The van der Waals surface area contributed by atoms with Gasteiger partial charge < -0.3 is 14.8 Å². The molecule has 1 aliphatic rings. The first-order valence-electron chi connectivity index (χ1n) is 15.2. The Morgan fingerprint density at radius 3 is 1.64 bits per heavy atom. The number of carbonyl (C=O) groups is 4. The number of nitrogens with one attached hydrogen (secondary N) is 3. The summed E-state index contributed by atoms with van der Waals surface area (Å²) in [6.45, 7) is 9.79. The van der Waals surface area contributed by atoms with E-state index in [4.69, 9.17) is 9.47 Å². The highest BCUT2D eigenvalue weighted by Crippen LogP contribution is 2.47. The van der Waals surface area contributed by atoms with Crippen molar-refractivity contribution < 1.29 is 50.2 Å². The average Bonchev–Trinajstić information content (AvgIpc) is 3.29. The summed E-state index contributed by atoms with van der Waals surface area (Å²) < 4.78 is 74.0. The summed E-state index contributed by atoms with van der Waals surface area (Å²) in [5.74, 6) is -2.87. The minimum absolute atomic E-state index is 0.146. The number of ether oxygens (including phenoxy) is 2. The number of hydrogen-bond donors (Lipinski definition) is 3. The molecular weight excluding hydrogens is 685 g/mol. The lowest BCUT2D eigenvalue weighted by Crippen LogP contribution is -2.55. The van der Waals surface area contributed by atoms with Crippen LogP contribution in [0, 0.1) is 0 Å². The average molecular weight is 721 g/mol. The van der Waals surface area contributed by atoms with Crippen LogP contribution in [0.3, 0.4) is 0 Å². The number of amides is 5. The fourth-order valence-corrected chi connectivity index (χ4v) is 6.40. The van der Waals surface area contributed by atoms with Gasteiger partial charge in [0, 0.05) is 24.2 Å². The number of urea groups is 1. The molecule has 268 valence electrons. The Morgan fingerprint density at radius 2 is 1.24 bits per heavy atom. The molecule has 0 saturated carbocycles. The van der Waals surface area contributed by atoms with E-state index in [9.17, 15) is 40.8 Å². The standard InChI is InChI=1S/C32H35F3N6O8S/c1-17(2)48-29(44)38-25-15-36-13-11-23(25)19(5)31(20(6)24-12-14-37-16-26(24)39-30(45)49-18(3)4)27(42)41(28(43)40-31)21-7-9-22(10-8-21)50(46,47)32(33,34)35/h7-20H,1-6H3,(H,38,44)(H,39,45)(H,40,43). The highest BCUT2D eigenvalue weighted by molar-refractivity contribution is 7.92. The molecule has 0 bridgehead atoms. The van der Waals surface area contributed by atoms with Crippen molar-refractivity contribution in [1.82, 2.24) is 15.3 Å². The van der Waals surface area contributed by atoms with Gasteiger partial charge in [0.2, 0.25) is 0 Å². The van der Waals surface area contributed by atoms with Gasteiger partial charge in [-0.1, -0.05) is 13.8 Å². The first-order valence-corrected chi connectivity index (χ1v) is 16.7. The zero-order valence-electron chi connectivity index (χ0n) is 27.7. The molecule has 1 saturated heterocycles. The Balaban J connectivity index is 1.87. The molecule has 14 nitrogen and oxygen atoms in total. The van der Waals surface area contributed by atoms with Crippen molar-refractivity contribution in [2.75, 3.05) is 15.5 Å². The number of benzene rings is 1. The molecule has 2 unspecified atom stereocenters. The number of imide groups is 1. The van der Waals surface area contributed by atoms with Crippen LogP contribution in [0.4, 0.5) is 44.6 Å². The smallest absolute Gasteiger partial charge is 0.447 e. The van der Waals surface area contributed by atoms with Crippen molar-refractivity contribution in [1.29, 1.82) is 0 Å². The zero-order chi connectivity index (χ0) is 37.2. The molecule has 50 heavy (non-hydrogen) atoms. The molecule has 1 aliphatic heterocycles. The Kier molecular flexibility index (Phi) is 10.7. The van der Waals surface area contributed by atoms with Crippen molar-refractivity contribution in [3.8, 4) is 0 Å². The van der Waals surface area contributed by atoms with Gasteiger partial charge in [0.1, 0.15) is 5.54 Å². The molecule has 0 spiro atoms. The predicted octanol–water partition coefficient (Wildman–Crippen LogP) is 6.09. The number of pyridine rings is 2. The van der Waals surface area contributed by atoms with Gasteiger partial charge in [-0.25, -0.2) is 27.7 Å². The van der Waals surface area contributed by atoms with E-state index in [0.29, 0.717) is 28.2 Å². The van der Waals surface area contributed by atoms with Gasteiger partial charge in [0.25, 0.3) is 15.7 Å². The van der Waals surface area contributed by atoms with E-state index < -0.39 is 73.9 Å². The molecule has 4 rings (SSSR count). The van der Waals surface area contributed by atoms with Gasteiger partial charge in [-0.2, -0.15) is 13.2 Å². The molecule has 1 aromatic carbocycles. The summed E-state index contributed by atoms with van der Waals surface area (Å²) in [6, 6.07) is 5.16. The summed E-state index contributed by atoms with van der Waals surface area (Å²) in [5.41, 5.74) is -6.77. The minimum Gasteiger partial charge on any atom is -0.447 e. The van der Waals surface area contributed by atoms with Crippen LogP contribution in [0.5, 0.6) is 0 Å². The fraction of sp³-hybridized carbons (Fsp3) is 0.375. The molecule has 18 heteroatoms. The zero-order valence-corrected chi connectivity index (χ0v) is 28.5. The summed E-state index contributed by atoms with van der Waals surface area (Å²) in [5, 5.41) is 7.98. The maximum absolute atomic E-state index is 14.8. The van der Waals surface area contributed by atoms with Gasteiger partial charge in [0.05, 0.1) is 46.6 Å². The van der Waals surface area contributed by atoms with E-state index in [2.05, 4.69) is 25.9 Å². The highest BCUT2D eigenvalue weighted by atomic mass is 32.2. The molecule has 3 N–H and O–H groups in total. The normalized spacial score (nSPS) is 17.7. The number of anilines is 3. The second-order valence-electron chi connectivity index (χ2n) is 11.9. The minimum atomic E-state index is -5.72. The largest absolute Gasteiger partial charge is 0.501 e. The lowest BCUT2D eigenvalue weighted by atomic mass is 9.69. The number of hydrogen-bond acceptors (Lipinski definition) is 10. The second kappa shape index (κ2) is 14.3. The molecule has 2 aromatic heterocycles. The van der Waals surface area contributed by atoms with Gasteiger partial charge in [-0.3, -0.25) is 25.4 Å². The van der Waals surface area contributed by atoms with Gasteiger partial charge >= 0.3 is 23.7 Å². The van der Waals surface area contributed by atoms with E-state index in [1.165, 1.54) is 36.9 Å². The van der Waals surface area contributed by atoms with Crippen molar-refractivity contribution >= 4 is 51.0 Å². The second-order valence-corrected chi connectivity index (χ2v) is 13.9. The van der Waals surface area contributed by atoms with Crippen LogP contribution < -0.4 is 20.9 Å². The Labute approximate surface area is 285 Å². The van der Waals surface area contributed by atoms with Crippen LogP contribution in [-0.2, 0) is 24.1 Å². The highest BCUT2D eigenvalue weighted by Gasteiger charge is 2.59. The summed E-state index contributed by atoms with van der Waals surface area (Å²) in [4.78, 5) is 61.5. The van der Waals surface area contributed by atoms with Crippen molar-refractivity contribution in [2.24, 2.45) is 0 Å². The molecule has 5 amide bonds. The number of sulfone groups is 1. The van der Waals surface area contributed by atoms with Crippen LogP contribution in [-0.4, -0.2) is 65.8 Å². The maximum Gasteiger partial charge on any atom is 0.501 e. The van der Waals surface area contributed by atoms with E-state index >= 15 is 0 Å². The molecule has 2 atom stereocenters. The van der Waals surface area contributed by atoms with E-state index in [1.807, 2.05) is 0 Å². The first kappa shape index (κ1) is 37.6. The van der Waals surface area contributed by atoms with E-state index in [-0.39, 0.29) is 17.1 Å². The lowest BCUT2D eigenvalue weighted by Gasteiger charge is -2.39. The number of halogens is 3. The van der Waals surface area contributed by atoms with Gasteiger partial charge in [-0.05, 0) is 75.2 Å². The number of carbonyl (C=O) groups excluding carboxylic acids is 4. The molecule has 0 radical (unpaired) electrons. The van der Waals surface area contributed by atoms with Crippen molar-refractivity contribution in [3.05, 3.63) is 72.3 Å². The number of nitrogens with zero attached hydrogens (tertiary/aromatic N) is 3. The quantitative estimate of drug-likeness (QED) is 0.207. The van der Waals surface area contributed by atoms with Crippen LogP contribution in [0.1, 0.15) is 64.5 Å². The first-order chi connectivity index (χ1) is 23.3. The number of rotatable bonds is 10. The maximum atomic E-state index is 14.8. The van der Waals surface area contributed by atoms with Gasteiger partial charge in [0.15, 0.2) is 0 Å². The van der Waals surface area contributed by atoms with Crippen LogP contribution in [0.2, 0.25) is 0 Å². The molecular formula is C32H35F3N6O8S. The third-order valence-corrected chi connectivity index (χ3v) is 9.45. The van der Waals surface area contributed by atoms with E-state index in [0.717, 1.165) is 12.1 Å². The van der Waals surface area contributed by atoms with Crippen LogP contribution in [0.25, 0.3) is 0 Å². The predicted molar refractivity (Wildman–Crippen MR) is 174 cm³/mol. The Hall–Kier alpha value is -5.26. The van der Waals surface area contributed by atoms with Gasteiger partial charge in [-0.15, -0.1) is 0 Å². The monoisotopic (exact) mass is 720 g/mol. The summed E-state index contributed by atoms with van der Waals surface area (Å²) in [6.07, 6.45) is 2.89. The molecule has 0 aliphatic carbocycles. The number of aromatic nitrogens is 2. The Bertz CT molecular complexity index is 1810. The van der Waals surface area contributed by atoms with E-state index in [1.54, 1.807) is 41.5 Å². The van der Waals surface area contributed by atoms with Crippen molar-refractivity contribution in [2.45, 2.75) is 81.5 Å². The Morgan fingerprint density at radius 1 is 0.800 bits per heavy atom. The molecule has 3 aromatic rings. The third kappa shape index (κ3) is 7.34. The third-order valence-electron chi connectivity index (χ3n) is 7.95. The molecule has 3 heterocycles. The number of alkyl halides is 3. The summed E-state index contributed by atoms with van der Waals surface area (Å²) >= 11 is 0. The lowest BCUT2D eigenvalue weighted by molar-refractivity contribution is -0.123. The van der Waals surface area contributed by atoms with Crippen molar-refractivity contribution in [3.63, 3.8) is 0 Å². The fourth-order valence-electron chi connectivity index (χ4n) is 5.64. The van der Waals surface area contributed by atoms with Crippen LogP contribution >= 0.6 is 0 Å². The topological polar surface area (TPSA) is 186 Å².